The Bertz CT molecular complexity index is 459. The van der Waals surface area contributed by atoms with Crippen LogP contribution >= 0.6 is 60.6 Å². The summed E-state index contributed by atoms with van der Waals surface area (Å²) in [5.41, 5.74) is 0. The van der Waals surface area contributed by atoms with Crippen LogP contribution in [0.15, 0.2) is 24.3 Å². The predicted octanol–water partition coefficient (Wildman–Crippen LogP) is 3.45. The summed E-state index contributed by atoms with van der Waals surface area (Å²) in [5, 5.41) is 0. The number of carbonyl (C=O) groups excluding carboxylic acids is 2. The van der Waals surface area contributed by atoms with Gasteiger partial charge in [0, 0.05) is 42.4 Å². The lowest BCUT2D eigenvalue weighted by Gasteiger charge is -2.12. The van der Waals surface area contributed by atoms with E-state index < -0.39 is 12.1 Å². The van der Waals surface area contributed by atoms with Crippen LogP contribution in [-0.2, 0) is 9.59 Å². The zero-order valence-corrected chi connectivity index (χ0v) is 17.6. The molecule has 0 saturated heterocycles. The summed E-state index contributed by atoms with van der Waals surface area (Å²) in [7, 11) is 2.64. The Morgan fingerprint density at radius 3 is 1.50 bits per heavy atom. The number of esters is 2. The van der Waals surface area contributed by atoms with Crippen molar-refractivity contribution in [2.45, 2.75) is 25.9 Å². The van der Waals surface area contributed by atoms with Gasteiger partial charge in [0.25, 0.3) is 0 Å². The van der Waals surface area contributed by atoms with Crippen LogP contribution < -0.4 is 18.9 Å². The summed E-state index contributed by atoms with van der Waals surface area (Å²) in [6.07, 6.45) is 0. The van der Waals surface area contributed by atoms with Gasteiger partial charge < -0.3 is 9.47 Å². The minimum absolute atomic E-state index is 0.384. The van der Waals surface area contributed by atoms with E-state index in [0.717, 1.165) is 0 Å². The van der Waals surface area contributed by atoms with E-state index in [1.165, 1.54) is 18.2 Å². The Morgan fingerprint density at radius 2 is 1.23 bits per heavy atom. The van der Waals surface area contributed by atoms with Crippen molar-refractivity contribution < 1.29 is 19.1 Å². The lowest BCUT2D eigenvalue weighted by atomic mass is 10.3. The highest BCUT2D eigenvalue weighted by molar-refractivity contribution is 14.2. The number of rotatable bonds is 8. The molecule has 22 heavy (non-hydrogen) atoms. The van der Waals surface area contributed by atoms with Crippen LogP contribution in [0.3, 0.4) is 0 Å². The minimum Gasteiger partial charge on any atom is -0.425 e. The van der Waals surface area contributed by atoms with Crippen molar-refractivity contribution in [3.63, 3.8) is 0 Å². The van der Waals surface area contributed by atoms with Gasteiger partial charge in [0.15, 0.2) is 0 Å². The maximum absolute atomic E-state index is 11.7. The molecule has 0 fully saturated rings. The van der Waals surface area contributed by atoms with E-state index in [0.29, 0.717) is 11.5 Å². The molecule has 1 rings (SSSR count). The molecule has 2 N–H and O–H groups in total. The van der Waals surface area contributed by atoms with Gasteiger partial charge >= 0.3 is 11.9 Å². The molecule has 1 aromatic carbocycles. The third kappa shape index (κ3) is 7.21. The van der Waals surface area contributed by atoms with Crippen molar-refractivity contribution >= 4 is 72.6 Å². The van der Waals surface area contributed by atoms with Crippen molar-refractivity contribution in [1.29, 1.82) is 0 Å². The van der Waals surface area contributed by atoms with E-state index in [2.05, 4.69) is 9.44 Å². The molecule has 0 aliphatic carbocycles. The zero-order chi connectivity index (χ0) is 16.5. The van der Waals surface area contributed by atoms with Gasteiger partial charge in [-0.3, -0.25) is 0 Å². The fourth-order valence-electron chi connectivity index (χ4n) is 1.21. The van der Waals surface area contributed by atoms with Crippen LogP contribution in [-0.4, -0.2) is 24.0 Å². The van der Waals surface area contributed by atoms with Crippen LogP contribution in [0.2, 0.25) is 0 Å². The number of hydrogen-bond acceptors (Lipinski definition) is 8. The SMILES string of the molecule is C[C@H](NSI)C(=O)Oc1ccc(OC(=O)[C@H](C)NSI)cc1. The fraction of sp³-hybridized carbons (Fsp3) is 0.333. The van der Waals surface area contributed by atoms with E-state index in [1.807, 2.05) is 42.4 Å². The monoisotopic (exact) mass is 568 g/mol. The lowest BCUT2D eigenvalue weighted by molar-refractivity contribution is -0.136. The molecule has 122 valence electrons. The lowest BCUT2D eigenvalue weighted by Crippen LogP contribution is -2.32. The predicted molar refractivity (Wildman–Crippen MR) is 106 cm³/mol. The average Bonchev–Trinajstić information content (AvgIpc) is 2.49. The molecule has 0 aromatic heterocycles. The van der Waals surface area contributed by atoms with Crippen molar-refractivity contribution in [1.82, 2.24) is 9.44 Å². The van der Waals surface area contributed by atoms with Gasteiger partial charge in [-0.1, -0.05) is 0 Å². The van der Waals surface area contributed by atoms with Crippen LogP contribution in [0.1, 0.15) is 13.8 Å². The molecule has 10 heteroatoms. The summed E-state index contributed by atoms with van der Waals surface area (Å²) in [5.74, 6) is 0.0217. The highest BCUT2D eigenvalue weighted by atomic mass is 127. The minimum atomic E-state index is -0.419. The molecule has 0 aliphatic rings. The fourth-order valence-corrected chi connectivity index (χ4v) is 3.96. The van der Waals surface area contributed by atoms with Crippen molar-refractivity contribution in [3.8, 4) is 11.5 Å². The topological polar surface area (TPSA) is 76.7 Å². The van der Waals surface area contributed by atoms with Crippen LogP contribution in [0.5, 0.6) is 11.5 Å². The molecule has 2 atom stereocenters. The number of hydrogen-bond donors (Lipinski definition) is 2. The second kappa shape index (κ2) is 10.9. The summed E-state index contributed by atoms with van der Waals surface area (Å²) < 4.78 is 16.2. The van der Waals surface area contributed by atoms with E-state index in [1.54, 1.807) is 38.1 Å². The summed E-state index contributed by atoms with van der Waals surface area (Å²) >= 11 is 4.07. The first kappa shape index (κ1) is 20.3. The van der Waals surface area contributed by atoms with Gasteiger partial charge in [-0.25, -0.2) is 19.0 Å². The molecule has 0 bridgehead atoms. The molecule has 0 unspecified atom stereocenters. The smallest absolute Gasteiger partial charge is 0.329 e. The third-order valence-electron chi connectivity index (χ3n) is 2.41. The Labute approximate surface area is 161 Å². The van der Waals surface area contributed by atoms with Gasteiger partial charge in [0.2, 0.25) is 0 Å². The van der Waals surface area contributed by atoms with Crippen LogP contribution in [0, 0.1) is 0 Å². The second-order valence-corrected chi connectivity index (χ2v) is 7.57. The average molecular weight is 568 g/mol. The largest absolute Gasteiger partial charge is 0.425 e. The quantitative estimate of drug-likeness (QED) is 0.214. The molecular formula is C12H14I2N2O4S2. The van der Waals surface area contributed by atoms with E-state index in [-0.39, 0.29) is 11.9 Å². The Morgan fingerprint density at radius 1 is 0.909 bits per heavy atom. The van der Waals surface area contributed by atoms with Crippen LogP contribution in [0.25, 0.3) is 0 Å². The molecule has 0 radical (unpaired) electrons. The standard InChI is InChI=1S/C12H14I2N2O4S2/c1-7(15-21-13)11(17)19-9-3-5-10(6-4-9)20-12(18)8(2)16-22-14/h3-8,15-16H,1-2H3/t7-,8-/m0/s1. The first-order chi connectivity index (χ1) is 10.5. The first-order valence-electron chi connectivity index (χ1n) is 6.07. The molecule has 1 aromatic rings. The van der Waals surface area contributed by atoms with Gasteiger partial charge in [-0.05, 0) is 56.4 Å². The number of benzene rings is 1. The van der Waals surface area contributed by atoms with E-state index in [4.69, 9.17) is 9.47 Å². The summed E-state index contributed by atoms with van der Waals surface area (Å²) in [6.45, 7) is 3.42. The number of carbonyl (C=O) groups is 2. The van der Waals surface area contributed by atoms with E-state index in [9.17, 15) is 9.59 Å². The van der Waals surface area contributed by atoms with Crippen molar-refractivity contribution in [2.24, 2.45) is 0 Å². The molecule has 6 nitrogen and oxygen atoms in total. The van der Waals surface area contributed by atoms with Gasteiger partial charge in [-0.15, -0.1) is 0 Å². The van der Waals surface area contributed by atoms with E-state index >= 15 is 0 Å². The van der Waals surface area contributed by atoms with Gasteiger partial charge in [0.1, 0.15) is 23.6 Å². The molecule has 0 heterocycles. The van der Waals surface area contributed by atoms with Crippen molar-refractivity contribution in [2.75, 3.05) is 0 Å². The second-order valence-electron chi connectivity index (χ2n) is 4.15. The Hall–Kier alpha value is 0.240. The maximum atomic E-state index is 11.7. The zero-order valence-electron chi connectivity index (χ0n) is 11.7. The number of halogens is 2. The van der Waals surface area contributed by atoms with Gasteiger partial charge in [0.05, 0.1) is 0 Å². The number of nitrogens with one attached hydrogen (secondary N) is 2. The molecule has 0 saturated carbocycles. The molecule has 0 aliphatic heterocycles. The summed E-state index contributed by atoms with van der Waals surface area (Å²) in [4.78, 5) is 23.5. The molecule has 0 amide bonds. The number of ether oxygens (including phenoxy) is 2. The first-order valence-corrected chi connectivity index (χ1v) is 12.8. The Kier molecular flexibility index (Phi) is 10.1. The third-order valence-corrected chi connectivity index (χ3v) is 4.82. The highest BCUT2D eigenvalue weighted by Gasteiger charge is 2.16. The van der Waals surface area contributed by atoms with Gasteiger partial charge in [-0.2, -0.15) is 0 Å². The summed E-state index contributed by atoms with van der Waals surface area (Å²) in [6, 6.07) is 5.48. The van der Waals surface area contributed by atoms with Crippen molar-refractivity contribution in [3.05, 3.63) is 24.3 Å². The molecular weight excluding hydrogens is 554 g/mol. The Balaban J connectivity index is 2.56. The normalized spacial score (nSPS) is 13.3. The molecule has 0 spiro atoms. The highest BCUT2D eigenvalue weighted by Crippen LogP contribution is 2.19. The maximum Gasteiger partial charge on any atom is 0.329 e. The van der Waals surface area contributed by atoms with Crippen LogP contribution in [0.4, 0.5) is 0 Å².